The van der Waals surface area contributed by atoms with Crippen LogP contribution in [0.5, 0.6) is 5.75 Å². The monoisotopic (exact) mass is 289 g/mol. The second kappa shape index (κ2) is 5.37. The minimum atomic E-state index is -0.337. The fourth-order valence-corrected chi connectivity index (χ4v) is 2.97. The number of benzene rings is 1. The van der Waals surface area contributed by atoms with Gasteiger partial charge < -0.3 is 10.4 Å². The Labute approximate surface area is 121 Å². The summed E-state index contributed by atoms with van der Waals surface area (Å²) in [6, 6.07) is 4.64. The van der Waals surface area contributed by atoms with E-state index in [4.69, 9.17) is 0 Å². The van der Waals surface area contributed by atoms with Crippen molar-refractivity contribution in [1.29, 1.82) is 0 Å². The van der Waals surface area contributed by atoms with Crippen molar-refractivity contribution in [3.63, 3.8) is 0 Å². The summed E-state index contributed by atoms with van der Waals surface area (Å²) >= 11 is 0. The Kier molecular flexibility index (Phi) is 3.55. The van der Waals surface area contributed by atoms with Gasteiger partial charge in [0.2, 0.25) is 0 Å². The van der Waals surface area contributed by atoms with Crippen molar-refractivity contribution in [3.8, 4) is 5.75 Å². The average Bonchev–Trinajstić information content (AvgIpc) is 2.50. The highest BCUT2D eigenvalue weighted by molar-refractivity contribution is 5.79. The number of phenolic OH excluding ortho intramolecular Hbond substituents is 1. The Morgan fingerprint density at radius 3 is 2.86 bits per heavy atom. The summed E-state index contributed by atoms with van der Waals surface area (Å²) in [5.74, 6) is 0.0283. The molecule has 21 heavy (non-hydrogen) atoms. The van der Waals surface area contributed by atoms with Gasteiger partial charge in [0.1, 0.15) is 5.75 Å². The van der Waals surface area contributed by atoms with Crippen LogP contribution in [0, 0.1) is 0 Å². The molecule has 2 N–H and O–H groups in total. The molecule has 1 saturated heterocycles. The molecule has 0 bridgehead atoms. The molecule has 0 spiro atoms. The van der Waals surface area contributed by atoms with Crippen LogP contribution < -0.4 is 16.6 Å². The number of aromatic nitrogens is 2. The molecule has 112 valence electrons. The average molecular weight is 289 g/mol. The van der Waals surface area contributed by atoms with Crippen molar-refractivity contribution < 1.29 is 5.11 Å². The molecule has 2 heterocycles. The highest BCUT2D eigenvalue weighted by Crippen LogP contribution is 2.15. The Bertz CT molecular complexity index is 785. The SMILES string of the molecule is Cn1c(=O)n(CC2CCCCN2)c(=O)c2cc(O)ccc21. The maximum absolute atomic E-state index is 12.5. The van der Waals surface area contributed by atoms with Gasteiger partial charge in [-0.3, -0.25) is 13.9 Å². The topological polar surface area (TPSA) is 76.3 Å². The summed E-state index contributed by atoms with van der Waals surface area (Å²) in [6.45, 7) is 1.30. The van der Waals surface area contributed by atoms with Crippen LogP contribution >= 0.6 is 0 Å². The number of rotatable bonds is 2. The highest BCUT2D eigenvalue weighted by Gasteiger charge is 2.17. The third-order valence-corrected chi connectivity index (χ3v) is 4.15. The third-order valence-electron chi connectivity index (χ3n) is 4.15. The quantitative estimate of drug-likeness (QED) is 0.846. The first-order valence-electron chi connectivity index (χ1n) is 7.24. The lowest BCUT2D eigenvalue weighted by atomic mass is 10.1. The van der Waals surface area contributed by atoms with E-state index in [0.717, 1.165) is 25.8 Å². The van der Waals surface area contributed by atoms with Crippen LogP contribution in [0.15, 0.2) is 27.8 Å². The van der Waals surface area contributed by atoms with Gasteiger partial charge in [0.15, 0.2) is 0 Å². The summed E-state index contributed by atoms with van der Waals surface area (Å²) in [4.78, 5) is 24.9. The van der Waals surface area contributed by atoms with Gasteiger partial charge in [-0.2, -0.15) is 0 Å². The van der Waals surface area contributed by atoms with Crippen molar-refractivity contribution in [2.75, 3.05) is 6.54 Å². The molecule has 2 aromatic rings. The molecule has 0 saturated carbocycles. The van der Waals surface area contributed by atoms with Gasteiger partial charge >= 0.3 is 5.69 Å². The maximum atomic E-state index is 12.5. The first-order valence-corrected chi connectivity index (χ1v) is 7.24. The highest BCUT2D eigenvalue weighted by atomic mass is 16.3. The number of nitrogens with one attached hydrogen (secondary N) is 1. The fourth-order valence-electron chi connectivity index (χ4n) is 2.97. The smallest absolute Gasteiger partial charge is 0.331 e. The number of piperidine rings is 1. The molecule has 1 unspecified atom stereocenters. The van der Waals surface area contributed by atoms with Crippen LogP contribution in [0.25, 0.3) is 10.9 Å². The van der Waals surface area contributed by atoms with Gasteiger partial charge in [-0.15, -0.1) is 0 Å². The predicted molar refractivity (Wildman–Crippen MR) is 80.8 cm³/mol. The van der Waals surface area contributed by atoms with E-state index >= 15 is 0 Å². The van der Waals surface area contributed by atoms with Crippen molar-refractivity contribution in [2.45, 2.75) is 31.8 Å². The summed E-state index contributed by atoms with van der Waals surface area (Å²) in [5, 5.41) is 13.3. The van der Waals surface area contributed by atoms with Gasteiger partial charge in [-0.05, 0) is 37.6 Å². The molecule has 0 aliphatic carbocycles. The number of phenols is 1. The molecule has 0 radical (unpaired) electrons. The first kappa shape index (κ1) is 13.9. The zero-order chi connectivity index (χ0) is 15.0. The predicted octanol–water partition coefficient (Wildman–Crippen LogP) is 0.548. The lowest BCUT2D eigenvalue weighted by Gasteiger charge is -2.24. The van der Waals surface area contributed by atoms with Crippen LogP contribution in [0.3, 0.4) is 0 Å². The van der Waals surface area contributed by atoms with Crippen molar-refractivity contribution in [1.82, 2.24) is 14.5 Å². The lowest BCUT2D eigenvalue weighted by molar-refractivity contribution is 0.353. The van der Waals surface area contributed by atoms with Crippen molar-refractivity contribution in [3.05, 3.63) is 39.0 Å². The second-order valence-electron chi connectivity index (χ2n) is 5.61. The van der Waals surface area contributed by atoms with E-state index in [0.29, 0.717) is 17.4 Å². The minimum Gasteiger partial charge on any atom is -0.508 e. The standard InChI is InChI=1S/C15H19N3O3/c1-17-13-6-5-11(19)8-12(13)14(20)18(15(17)21)9-10-4-2-3-7-16-10/h5-6,8,10,16,19H,2-4,7,9H2,1H3. The van der Waals surface area contributed by atoms with Crippen LogP contribution in [-0.4, -0.2) is 26.8 Å². The van der Waals surface area contributed by atoms with Gasteiger partial charge in [0, 0.05) is 19.6 Å². The Hall–Kier alpha value is -2.08. The number of hydrogen-bond acceptors (Lipinski definition) is 4. The summed E-state index contributed by atoms with van der Waals surface area (Å²) in [5.41, 5.74) is -0.113. The Morgan fingerprint density at radius 2 is 2.14 bits per heavy atom. The molecule has 6 nitrogen and oxygen atoms in total. The zero-order valence-corrected chi connectivity index (χ0v) is 12.0. The number of aromatic hydroxyl groups is 1. The number of aryl methyl sites for hydroxylation is 1. The van der Waals surface area contributed by atoms with Gasteiger partial charge in [0.25, 0.3) is 5.56 Å². The minimum absolute atomic E-state index is 0.0283. The van der Waals surface area contributed by atoms with Crippen molar-refractivity contribution >= 4 is 10.9 Å². The molecule has 1 aromatic carbocycles. The van der Waals surface area contributed by atoms with E-state index in [-0.39, 0.29) is 23.0 Å². The van der Waals surface area contributed by atoms with Gasteiger partial charge in [0.05, 0.1) is 10.9 Å². The summed E-state index contributed by atoms with van der Waals surface area (Å²) in [6.07, 6.45) is 3.21. The van der Waals surface area contributed by atoms with Crippen LogP contribution in [0.4, 0.5) is 0 Å². The van der Waals surface area contributed by atoms with E-state index in [1.807, 2.05) is 0 Å². The molecule has 1 atom stereocenters. The Balaban J connectivity index is 2.13. The van der Waals surface area contributed by atoms with Crippen LogP contribution in [-0.2, 0) is 13.6 Å². The van der Waals surface area contributed by atoms with Crippen LogP contribution in [0.2, 0.25) is 0 Å². The summed E-state index contributed by atoms with van der Waals surface area (Å²) in [7, 11) is 1.64. The van der Waals surface area contributed by atoms with E-state index < -0.39 is 0 Å². The molecule has 6 heteroatoms. The third kappa shape index (κ3) is 2.47. The molecular formula is C15H19N3O3. The molecule has 1 aromatic heterocycles. The van der Waals surface area contributed by atoms with Gasteiger partial charge in [-0.25, -0.2) is 4.79 Å². The molecule has 3 rings (SSSR count). The largest absolute Gasteiger partial charge is 0.508 e. The van der Waals surface area contributed by atoms with E-state index in [2.05, 4.69) is 5.32 Å². The maximum Gasteiger partial charge on any atom is 0.331 e. The fraction of sp³-hybridized carbons (Fsp3) is 0.467. The summed E-state index contributed by atoms with van der Waals surface area (Å²) < 4.78 is 2.73. The number of hydrogen-bond donors (Lipinski definition) is 2. The van der Waals surface area contributed by atoms with Gasteiger partial charge in [-0.1, -0.05) is 6.42 Å². The molecule has 1 aliphatic heterocycles. The second-order valence-corrected chi connectivity index (χ2v) is 5.61. The molecular weight excluding hydrogens is 270 g/mol. The number of nitrogens with zero attached hydrogens (tertiary/aromatic N) is 2. The van der Waals surface area contributed by atoms with E-state index in [9.17, 15) is 14.7 Å². The molecule has 1 aliphatic rings. The molecule has 1 fully saturated rings. The van der Waals surface area contributed by atoms with E-state index in [1.165, 1.54) is 21.3 Å². The van der Waals surface area contributed by atoms with Crippen molar-refractivity contribution in [2.24, 2.45) is 7.05 Å². The number of fused-ring (bicyclic) bond motifs is 1. The first-order chi connectivity index (χ1) is 10.1. The van der Waals surface area contributed by atoms with E-state index in [1.54, 1.807) is 13.1 Å². The van der Waals surface area contributed by atoms with Crippen LogP contribution in [0.1, 0.15) is 19.3 Å². The molecule has 0 amide bonds. The Morgan fingerprint density at radius 1 is 1.33 bits per heavy atom. The lowest BCUT2D eigenvalue weighted by Crippen LogP contribution is -2.46. The zero-order valence-electron chi connectivity index (χ0n) is 12.0. The normalized spacial score (nSPS) is 19.0.